The number of piperidine rings is 1. The molecular formula is C16H23N3O2. The largest absolute Gasteiger partial charge is 0.477 e. The summed E-state index contributed by atoms with van der Waals surface area (Å²) in [4.78, 5) is 20.2. The molecule has 0 aliphatic carbocycles. The zero-order valence-corrected chi connectivity index (χ0v) is 12.4. The Labute approximate surface area is 125 Å². The van der Waals surface area contributed by atoms with Gasteiger partial charge in [0.2, 0.25) is 0 Å². The van der Waals surface area contributed by atoms with Gasteiger partial charge >= 0.3 is 5.97 Å². The Morgan fingerprint density at radius 2 is 2.10 bits per heavy atom. The Bertz CT molecular complexity index is 500. The lowest BCUT2D eigenvalue weighted by Gasteiger charge is -2.32. The Hall–Kier alpha value is -1.46. The molecule has 21 heavy (non-hydrogen) atoms. The molecule has 0 saturated carbocycles. The SMILES string of the molecule is O=C(O)c1ncccc1CN1CCC(N2CCCCC2)C1. The topological polar surface area (TPSA) is 56.7 Å². The predicted octanol–water partition coefficient (Wildman–Crippen LogP) is 1.84. The molecule has 1 aromatic rings. The zero-order valence-electron chi connectivity index (χ0n) is 12.4. The zero-order chi connectivity index (χ0) is 14.7. The summed E-state index contributed by atoms with van der Waals surface area (Å²) < 4.78 is 0. The maximum absolute atomic E-state index is 11.2. The van der Waals surface area contributed by atoms with Crippen LogP contribution in [-0.4, -0.2) is 58.1 Å². The number of carboxylic acid groups (broad SMARTS) is 1. The Balaban J connectivity index is 1.61. The molecule has 1 unspecified atom stereocenters. The summed E-state index contributed by atoms with van der Waals surface area (Å²) in [6.45, 7) is 5.25. The molecule has 0 bridgehead atoms. The Morgan fingerprint density at radius 3 is 2.86 bits per heavy atom. The molecule has 1 atom stereocenters. The van der Waals surface area contributed by atoms with Crippen LogP contribution in [0.2, 0.25) is 0 Å². The number of carbonyl (C=O) groups is 1. The van der Waals surface area contributed by atoms with E-state index in [1.54, 1.807) is 6.20 Å². The first-order valence-electron chi connectivity index (χ1n) is 7.87. The standard InChI is InChI=1S/C16H23N3O2/c20-16(21)15-13(5-4-7-17-15)11-18-10-6-14(12-18)19-8-2-1-3-9-19/h4-5,7,14H,1-3,6,8-12H2,(H,20,21). The van der Waals surface area contributed by atoms with Crippen molar-refractivity contribution >= 4 is 5.97 Å². The predicted molar refractivity (Wildman–Crippen MR) is 80.3 cm³/mol. The fourth-order valence-electron chi connectivity index (χ4n) is 3.54. The van der Waals surface area contributed by atoms with E-state index in [1.807, 2.05) is 12.1 Å². The van der Waals surface area contributed by atoms with Crippen molar-refractivity contribution in [3.63, 3.8) is 0 Å². The summed E-state index contributed by atoms with van der Waals surface area (Å²) in [7, 11) is 0. The first-order valence-corrected chi connectivity index (χ1v) is 7.87. The summed E-state index contributed by atoms with van der Waals surface area (Å²) in [5, 5.41) is 9.21. The van der Waals surface area contributed by atoms with Crippen LogP contribution in [0, 0.1) is 0 Å². The molecular weight excluding hydrogens is 266 g/mol. The van der Waals surface area contributed by atoms with Crippen molar-refractivity contribution in [2.75, 3.05) is 26.2 Å². The highest BCUT2D eigenvalue weighted by atomic mass is 16.4. The molecule has 2 saturated heterocycles. The normalized spacial score (nSPS) is 24.3. The van der Waals surface area contributed by atoms with Gasteiger partial charge in [-0.3, -0.25) is 9.80 Å². The second-order valence-electron chi connectivity index (χ2n) is 6.09. The van der Waals surface area contributed by atoms with Crippen molar-refractivity contribution in [2.45, 2.75) is 38.3 Å². The molecule has 2 aliphatic rings. The van der Waals surface area contributed by atoms with E-state index in [0.29, 0.717) is 12.6 Å². The highest BCUT2D eigenvalue weighted by Crippen LogP contribution is 2.22. The first-order chi connectivity index (χ1) is 10.2. The van der Waals surface area contributed by atoms with Crippen LogP contribution in [0.1, 0.15) is 41.7 Å². The molecule has 0 radical (unpaired) electrons. The summed E-state index contributed by atoms with van der Waals surface area (Å²) in [6, 6.07) is 4.35. The van der Waals surface area contributed by atoms with Gasteiger partial charge in [0.15, 0.2) is 5.69 Å². The lowest BCUT2D eigenvalue weighted by atomic mass is 10.1. The molecule has 114 valence electrons. The lowest BCUT2D eigenvalue weighted by Crippen LogP contribution is -2.40. The minimum Gasteiger partial charge on any atom is -0.477 e. The second-order valence-corrected chi connectivity index (χ2v) is 6.09. The van der Waals surface area contributed by atoms with Gasteiger partial charge in [0.05, 0.1) is 0 Å². The molecule has 1 N–H and O–H groups in total. The van der Waals surface area contributed by atoms with Gasteiger partial charge in [-0.05, 0) is 44.0 Å². The lowest BCUT2D eigenvalue weighted by molar-refractivity contribution is 0.0688. The van der Waals surface area contributed by atoms with Crippen LogP contribution in [0.25, 0.3) is 0 Å². The van der Waals surface area contributed by atoms with Gasteiger partial charge < -0.3 is 5.11 Å². The van der Waals surface area contributed by atoms with Crippen LogP contribution < -0.4 is 0 Å². The highest BCUT2D eigenvalue weighted by molar-refractivity contribution is 5.86. The van der Waals surface area contributed by atoms with E-state index < -0.39 is 5.97 Å². The number of carboxylic acids is 1. The third-order valence-electron chi connectivity index (χ3n) is 4.64. The summed E-state index contributed by atoms with van der Waals surface area (Å²) in [5.74, 6) is -0.933. The van der Waals surface area contributed by atoms with Gasteiger partial charge in [-0.25, -0.2) is 9.78 Å². The number of hydrogen-bond donors (Lipinski definition) is 1. The van der Waals surface area contributed by atoms with Crippen molar-refractivity contribution < 1.29 is 9.90 Å². The van der Waals surface area contributed by atoms with Gasteiger partial charge in [-0.1, -0.05) is 12.5 Å². The highest BCUT2D eigenvalue weighted by Gasteiger charge is 2.29. The fraction of sp³-hybridized carbons (Fsp3) is 0.625. The van der Waals surface area contributed by atoms with E-state index in [4.69, 9.17) is 0 Å². The summed E-state index contributed by atoms with van der Waals surface area (Å²) >= 11 is 0. The molecule has 3 heterocycles. The molecule has 0 aromatic carbocycles. The van der Waals surface area contributed by atoms with Crippen molar-refractivity contribution in [2.24, 2.45) is 0 Å². The van der Waals surface area contributed by atoms with Crippen molar-refractivity contribution in [3.05, 3.63) is 29.6 Å². The summed E-state index contributed by atoms with van der Waals surface area (Å²) in [5.41, 5.74) is 1.02. The third kappa shape index (κ3) is 3.41. The number of pyridine rings is 1. The van der Waals surface area contributed by atoms with Gasteiger partial charge in [0.25, 0.3) is 0 Å². The second kappa shape index (κ2) is 6.54. The van der Waals surface area contributed by atoms with E-state index in [1.165, 1.54) is 38.8 Å². The smallest absolute Gasteiger partial charge is 0.354 e. The quantitative estimate of drug-likeness (QED) is 0.916. The molecule has 2 aliphatic heterocycles. The molecule has 1 aromatic heterocycles. The minimum atomic E-state index is -0.933. The van der Waals surface area contributed by atoms with Crippen LogP contribution in [0.3, 0.4) is 0 Å². The number of likely N-dealkylation sites (tertiary alicyclic amines) is 2. The van der Waals surface area contributed by atoms with Crippen LogP contribution in [-0.2, 0) is 6.54 Å². The molecule has 5 nitrogen and oxygen atoms in total. The van der Waals surface area contributed by atoms with E-state index in [-0.39, 0.29) is 5.69 Å². The van der Waals surface area contributed by atoms with Crippen molar-refractivity contribution in [1.29, 1.82) is 0 Å². The molecule has 2 fully saturated rings. The number of hydrogen-bond acceptors (Lipinski definition) is 4. The van der Waals surface area contributed by atoms with E-state index in [9.17, 15) is 9.90 Å². The Kier molecular flexibility index (Phi) is 4.51. The fourth-order valence-corrected chi connectivity index (χ4v) is 3.54. The van der Waals surface area contributed by atoms with E-state index in [2.05, 4.69) is 14.8 Å². The van der Waals surface area contributed by atoms with Gasteiger partial charge in [0.1, 0.15) is 0 Å². The number of aromatic nitrogens is 1. The van der Waals surface area contributed by atoms with Gasteiger partial charge in [0, 0.05) is 31.9 Å². The average molecular weight is 289 g/mol. The molecule has 0 spiro atoms. The minimum absolute atomic E-state index is 0.193. The van der Waals surface area contributed by atoms with Crippen LogP contribution in [0.5, 0.6) is 0 Å². The van der Waals surface area contributed by atoms with Gasteiger partial charge in [-0.15, -0.1) is 0 Å². The van der Waals surface area contributed by atoms with Gasteiger partial charge in [-0.2, -0.15) is 0 Å². The van der Waals surface area contributed by atoms with E-state index >= 15 is 0 Å². The van der Waals surface area contributed by atoms with Crippen LogP contribution >= 0.6 is 0 Å². The maximum atomic E-state index is 11.2. The first kappa shape index (κ1) is 14.5. The summed E-state index contributed by atoms with van der Waals surface area (Å²) in [6.07, 6.45) is 6.76. The monoisotopic (exact) mass is 289 g/mol. The maximum Gasteiger partial charge on any atom is 0.354 e. The van der Waals surface area contributed by atoms with Crippen LogP contribution in [0.15, 0.2) is 18.3 Å². The molecule has 3 rings (SSSR count). The number of rotatable bonds is 4. The van der Waals surface area contributed by atoms with Crippen molar-refractivity contribution in [1.82, 2.24) is 14.8 Å². The van der Waals surface area contributed by atoms with Crippen molar-refractivity contribution in [3.8, 4) is 0 Å². The van der Waals surface area contributed by atoms with Crippen LogP contribution in [0.4, 0.5) is 0 Å². The third-order valence-corrected chi connectivity index (χ3v) is 4.64. The molecule has 0 amide bonds. The average Bonchev–Trinajstić information content (AvgIpc) is 2.97. The molecule has 5 heteroatoms. The van der Waals surface area contributed by atoms with E-state index in [0.717, 1.165) is 18.7 Å². The number of nitrogens with zero attached hydrogens (tertiary/aromatic N) is 3. The number of aromatic carboxylic acids is 1. The Morgan fingerprint density at radius 1 is 1.29 bits per heavy atom.